The highest BCUT2D eigenvalue weighted by Crippen LogP contribution is 2.41. The molecule has 26 heavy (non-hydrogen) atoms. The minimum atomic E-state index is -0.00668. The Labute approximate surface area is 155 Å². The Hall–Kier alpha value is -1.92. The molecule has 0 unspecified atom stereocenters. The van der Waals surface area contributed by atoms with Crippen LogP contribution in [0.25, 0.3) is 11.0 Å². The minimum Gasteiger partial charge on any atom is -0.337 e. The maximum Gasteiger partial charge on any atom is 0.240 e. The molecule has 1 amide bonds. The predicted molar refractivity (Wildman–Crippen MR) is 103 cm³/mol. The molecule has 1 aromatic carbocycles. The largest absolute Gasteiger partial charge is 0.337 e. The number of nitrogens with zero attached hydrogens (tertiary/aromatic N) is 4. The number of aromatic nitrogens is 2. The molecule has 2 saturated heterocycles. The summed E-state index contributed by atoms with van der Waals surface area (Å²) in [6, 6.07) is 8.10. The van der Waals surface area contributed by atoms with Crippen LogP contribution in [0, 0.1) is 5.41 Å². The fourth-order valence-corrected chi connectivity index (χ4v) is 4.75. The van der Waals surface area contributed by atoms with E-state index in [-0.39, 0.29) is 11.9 Å². The number of carbonyl (C=O) groups is 1. The summed E-state index contributed by atoms with van der Waals surface area (Å²) in [6.45, 7) is 3.73. The van der Waals surface area contributed by atoms with Crippen LogP contribution in [0.15, 0.2) is 24.3 Å². The summed E-state index contributed by atoms with van der Waals surface area (Å²) in [5.41, 5.74) is 2.41. The lowest BCUT2D eigenvalue weighted by molar-refractivity contribution is -0.135. The van der Waals surface area contributed by atoms with E-state index in [0.29, 0.717) is 12.0 Å². The van der Waals surface area contributed by atoms with Gasteiger partial charge in [0.05, 0.1) is 23.6 Å². The summed E-state index contributed by atoms with van der Waals surface area (Å²) in [4.78, 5) is 22.0. The van der Waals surface area contributed by atoms with Crippen LogP contribution in [0.2, 0.25) is 0 Å². The van der Waals surface area contributed by atoms with E-state index >= 15 is 0 Å². The maximum absolute atomic E-state index is 13.1. The number of hydrogen-bond acceptors (Lipinski definition) is 4. The topological polar surface area (TPSA) is 53.4 Å². The molecule has 1 aromatic heterocycles. The number of benzene rings is 1. The van der Waals surface area contributed by atoms with Crippen LogP contribution in [0.1, 0.15) is 25.1 Å². The number of hydrogen-bond donors (Lipinski definition) is 1. The molecular formula is C20H29N5O. The molecule has 0 aliphatic carbocycles. The molecule has 2 aliphatic rings. The summed E-state index contributed by atoms with van der Waals surface area (Å²) in [5.74, 6) is 1.15. The van der Waals surface area contributed by atoms with E-state index in [1.54, 1.807) is 0 Å². The zero-order valence-corrected chi connectivity index (χ0v) is 16.0. The van der Waals surface area contributed by atoms with Gasteiger partial charge in [-0.15, -0.1) is 0 Å². The first-order valence-electron chi connectivity index (χ1n) is 9.55. The first-order valence-corrected chi connectivity index (χ1v) is 9.55. The number of rotatable bonds is 3. The fraction of sp³-hybridized carbons (Fsp3) is 0.600. The van der Waals surface area contributed by atoms with Crippen molar-refractivity contribution in [3.63, 3.8) is 0 Å². The quantitative estimate of drug-likeness (QED) is 0.909. The van der Waals surface area contributed by atoms with E-state index in [2.05, 4.69) is 27.9 Å². The Morgan fingerprint density at radius 1 is 1.31 bits per heavy atom. The highest BCUT2D eigenvalue weighted by atomic mass is 16.2. The number of para-hydroxylation sites is 2. The summed E-state index contributed by atoms with van der Waals surface area (Å²) >= 11 is 0. The van der Waals surface area contributed by atoms with Crippen LogP contribution in [0.5, 0.6) is 0 Å². The van der Waals surface area contributed by atoms with Crippen LogP contribution in [0.4, 0.5) is 0 Å². The molecule has 1 atom stereocenters. The van der Waals surface area contributed by atoms with E-state index in [0.717, 1.165) is 42.9 Å². The van der Waals surface area contributed by atoms with Gasteiger partial charge >= 0.3 is 0 Å². The zero-order chi connectivity index (χ0) is 18.3. The first-order chi connectivity index (χ1) is 12.5. The minimum absolute atomic E-state index is 0.00668. The Bertz CT molecular complexity index is 808. The average Bonchev–Trinajstić information content (AvgIpc) is 3.12. The van der Waals surface area contributed by atoms with Crippen molar-refractivity contribution in [1.29, 1.82) is 0 Å². The Balaban J connectivity index is 1.48. The van der Waals surface area contributed by atoms with E-state index in [9.17, 15) is 4.79 Å². The Morgan fingerprint density at radius 3 is 2.77 bits per heavy atom. The second-order valence-electron chi connectivity index (χ2n) is 8.16. The highest BCUT2D eigenvalue weighted by molar-refractivity contribution is 5.82. The molecule has 6 heteroatoms. The number of nitrogens with one attached hydrogen (secondary N) is 1. The van der Waals surface area contributed by atoms with E-state index in [1.165, 1.54) is 12.8 Å². The molecule has 6 nitrogen and oxygen atoms in total. The second-order valence-corrected chi connectivity index (χ2v) is 8.16. The second kappa shape index (κ2) is 6.67. The first kappa shape index (κ1) is 17.5. The SMILES string of the molecule is CN(Cc1nc2ccccc2n1C)C(=O)[C@H]1CC2(CCNCC2)CN1C. The van der Waals surface area contributed by atoms with Crippen molar-refractivity contribution < 1.29 is 4.79 Å². The molecule has 3 heterocycles. The maximum atomic E-state index is 13.1. The van der Waals surface area contributed by atoms with Gasteiger partial charge in [0.15, 0.2) is 0 Å². The smallest absolute Gasteiger partial charge is 0.240 e. The van der Waals surface area contributed by atoms with E-state index < -0.39 is 0 Å². The molecule has 140 valence electrons. The zero-order valence-electron chi connectivity index (χ0n) is 16.0. The number of likely N-dealkylation sites (N-methyl/N-ethyl adjacent to an activating group) is 2. The number of carbonyl (C=O) groups excluding carboxylic acids is 1. The van der Waals surface area contributed by atoms with Crippen molar-refractivity contribution in [3.8, 4) is 0 Å². The Morgan fingerprint density at radius 2 is 2.04 bits per heavy atom. The third-order valence-electron chi connectivity index (χ3n) is 6.33. The van der Waals surface area contributed by atoms with Crippen LogP contribution < -0.4 is 5.32 Å². The monoisotopic (exact) mass is 355 g/mol. The number of likely N-dealkylation sites (tertiary alicyclic amines) is 1. The predicted octanol–water partition coefficient (Wildman–Crippen LogP) is 1.61. The van der Waals surface area contributed by atoms with Crippen molar-refractivity contribution in [2.75, 3.05) is 33.7 Å². The van der Waals surface area contributed by atoms with Gasteiger partial charge in [-0.05, 0) is 56.9 Å². The molecule has 1 spiro atoms. The number of piperidine rings is 1. The molecule has 0 saturated carbocycles. The van der Waals surface area contributed by atoms with Crippen molar-refractivity contribution in [1.82, 2.24) is 24.7 Å². The van der Waals surface area contributed by atoms with Crippen molar-refractivity contribution in [3.05, 3.63) is 30.1 Å². The molecule has 0 radical (unpaired) electrons. The highest BCUT2D eigenvalue weighted by Gasteiger charge is 2.46. The summed E-state index contributed by atoms with van der Waals surface area (Å²) in [6.07, 6.45) is 3.34. The fourth-order valence-electron chi connectivity index (χ4n) is 4.75. The van der Waals surface area contributed by atoms with Crippen molar-refractivity contribution >= 4 is 16.9 Å². The van der Waals surface area contributed by atoms with Gasteiger partial charge < -0.3 is 14.8 Å². The molecule has 4 rings (SSSR count). The van der Waals surface area contributed by atoms with Crippen LogP contribution in [0.3, 0.4) is 0 Å². The third-order valence-corrected chi connectivity index (χ3v) is 6.33. The lowest BCUT2D eigenvalue weighted by Crippen LogP contribution is -2.42. The summed E-state index contributed by atoms with van der Waals surface area (Å²) in [7, 11) is 6.03. The van der Waals surface area contributed by atoms with Gasteiger partial charge in [0.25, 0.3) is 0 Å². The number of amides is 1. The van der Waals surface area contributed by atoms with Crippen molar-refractivity contribution in [2.24, 2.45) is 12.5 Å². The summed E-state index contributed by atoms with van der Waals surface area (Å²) in [5, 5.41) is 3.44. The van der Waals surface area contributed by atoms with Crippen LogP contribution in [-0.2, 0) is 18.4 Å². The molecule has 1 N–H and O–H groups in total. The number of imidazole rings is 1. The Kier molecular flexibility index (Phi) is 4.49. The number of aryl methyl sites for hydroxylation is 1. The molecule has 2 aliphatic heterocycles. The van der Waals surface area contributed by atoms with Gasteiger partial charge in [0.1, 0.15) is 5.82 Å². The lowest BCUT2D eigenvalue weighted by atomic mass is 9.77. The number of fused-ring (bicyclic) bond motifs is 1. The van der Waals surface area contributed by atoms with E-state index in [1.807, 2.05) is 37.2 Å². The van der Waals surface area contributed by atoms with Gasteiger partial charge in [-0.2, -0.15) is 0 Å². The lowest BCUT2D eigenvalue weighted by Gasteiger charge is -2.33. The van der Waals surface area contributed by atoms with Crippen molar-refractivity contribution in [2.45, 2.75) is 31.8 Å². The molecule has 0 bridgehead atoms. The molecular weight excluding hydrogens is 326 g/mol. The van der Waals surface area contributed by atoms with Gasteiger partial charge in [-0.25, -0.2) is 4.98 Å². The van der Waals surface area contributed by atoms with Gasteiger partial charge in [0, 0.05) is 20.6 Å². The van der Waals surface area contributed by atoms with Crippen LogP contribution >= 0.6 is 0 Å². The molecule has 2 aromatic rings. The van der Waals surface area contributed by atoms with E-state index in [4.69, 9.17) is 4.98 Å². The normalized spacial score (nSPS) is 23.0. The summed E-state index contributed by atoms with van der Waals surface area (Å²) < 4.78 is 2.09. The van der Waals surface area contributed by atoms with Gasteiger partial charge in [-0.1, -0.05) is 12.1 Å². The third kappa shape index (κ3) is 3.01. The van der Waals surface area contributed by atoms with Crippen LogP contribution in [-0.4, -0.2) is 65.0 Å². The standard InChI is InChI=1S/C20H29N5O/c1-23(13-18-22-15-6-4-5-7-16(15)25(18)3)19(26)17-12-20(14-24(17)2)8-10-21-11-9-20/h4-7,17,21H,8-14H2,1-3H3/t17-/m1/s1. The van der Waals surface area contributed by atoms with Gasteiger partial charge in [0.2, 0.25) is 5.91 Å². The molecule has 2 fully saturated rings. The van der Waals surface area contributed by atoms with Gasteiger partial charge in [-0.3, -0.25) is 9.69 Å². The average molecular weight is 355 g/mol.